The summed E-state index contributed by atoms with van der Waals surface area (Å²) in [5, 5.41) is 71.5. The summed E-state index contributed by atoms with van der Waals surface area (Å²) in [6.45, 7) is 10.9. The summed E-state index contributed by atoms with van der Waals surface area (Å²) in [7, 11) is 5.20. The maximum atomic E-state index is 14.8. The first-order chi connectivity index (χ1) is 59.9. The Kier molecular flexibility index (Phi) is 42.5. The number of phenolic OH excluding ortho intramolecular Hbond substituents is 1. The van der Waals surface area contributed by atoms with Crippen LogP contribution in [-0.2, 0) is 89.5 Å². The number of likely N-dealkylation sites (tertiary alicyclic amines) is 1. The van der Waals surface area contributed by atoms with E-state index in [0.29, 0.717) is 34.7 Å². The lowest BCUT2D eigenvalue weighted by Gasteiger charge is -2.39. The number of anilines is 2. The second-order valence-electron chi connectivity index (χ2n) is 30.2. The van der Waals surface area contributed by atoms with Crippen LogP contribution in [0.4, 0.5) is 16.4 Å². The number of likely N-dealkylation sites (N-methyl/N-ethyl adjacent to an activating group) is 1. The van der Waals surface area contributed by atoms with Crippen molar-refractivity contribution in [3.63, 3.8) is 0 Å². The molecule has 10 amide bonds. The van der Waals surface area contributed by atoms with Crippen molar-refractivity contribution in [3.8, 4) is 5.75 Å². The van der Waals surface area contributed by atoms with E-state index in [0.717, 1.165) is 52.7 Å². The molecule has 1 saturated heterocycles. The maximum absolute atomic E-state index is 14.8. The largest absolute Gasteiger partial charge is 0.508 e. The SMILES string of the molecule is CCC(C)[C@H](NC(=O)[C@H]1CCCCN1C)C(=O)N(COC)[C@H](C[C@@H](OC(C)=O)C1=C=CCC(C(=O)N[C@@H](Cc2ccc(O)cc2)C[C@H](C)C(=O)NNC(=O)OCCSSC[C@H](NC(=O)[C@H](CC(=O)O)NC(=O)[C@H](CCCNN)NC(=O)[C@H](CC(=O)O)NC(=O)CC[C@H](NC(=O)c2ccc(NCc3cnc4nc(N)[nH]c(=O)c4n3)cc2)C(=O)O)C(=O)O)=CS1)C(C)C. The molecule has 46 heteroatoms. The number of aromatic nitrogens is 4. The van der Waals surface area contributed by atoms with E-state index in [-0.39, 0.29) is 134 Å². The molecule has 0 saturated carbocycles. The molecule has 21 N–H and O–H groups in total. The first-order valence-electron chi connectivity index (χ1n) is 40.4. The molecule has 2 aromatic carbocycles. The fraction of sp³-hybridized carbons (Fsp3) is 0.525. The van der Waals surface area contributed by atoms with E-state index >= 15 is 0 Å². The predicted octanol–water partition coefficient (Wildman–Crippen LogP) is 1.54. The maximum Gasteiger partial charge on any atom is 0.426 e. The second-order valence-corrected chi connectivity index (χ2v) is 33.7. The van der Waals surface area contributed by atoms with Gasteiger partial charge in [0.25, 0.3) is 11.5 Å². The molecule has 2 aliphatic rings. The average Bonchev–Trinajstić information content (AvgIpc) is 0.917. The molecule has 0 spiro atoms. The normalized spacial score (nSPS) is 15.9. The molecule has 0 bridgehead atoms. The Labute approximate surface area is 737 Å². The summed E-state index contributed by atoms with van der Waals surface area (Å²) in [5.74, 6) is -11.1. The highest BCUT2D eigenvalue weighted by atomic mass is 33.1. The number of nitrogens with zero attached hydrogens (tertiary/aromatic N) is 5. The minimum Gasteiger partial charge on any atom is -0.508 e. The number of nitrogen functional groups attached to an aromatic ring is 1. The molecule has 1 fully saturated rings. The van der Waals surface area contributed by atoms with Crippen molar-refractivity contribution in [1.82, 2.24) is 83.2 Å². The van der Waals surface area contributed by atoms with Gasteiger partial charge >= 0.3 is 35.9 Å². The van der Waals surface area contributed by atoms with Gasteiger partial charge in [0.15, 0.2) is 11.2 Å². The number of aliphatic carboxylic acids is 4. The number of nitrogens with one attached hydrogen (secondary N) is 12. The molecule has 1 unspecified atom stereocenters. The zero-order chi connectivity index (χ0) is 92.9. The van der Waals surface area contributed by atoms with Crippen molar-refractivity contribution < 1.29 is 112 Å². The summed E-state index contributed by atoms with van der Waals surface area (Å²) < 4.78 is 16.8. The van der Waals surface area contributed by atoms with Crippen LogP contribution in [0.2, 0.25) is 0 Å². The number of methoxy groups -OCH3 is 1. The van der Waals surface area contributed by atoms with Crippen LogP contribution in [0.15, 0.2) is 87.2 Å². The molecule has 0 radical (unpaired) electrons. The Morgan fingerprint density at radius 1 is 0.762 bits per heavy atom. The lowest BCUT2D eigenvalue weighted by Crippen LogP contribution is -2.59. The molecule has 2 aromatic heterocycles. The lowest BCUT2D eigenvalue weighted by atomic mass is 9.92. The molecule has 43 nitrogen and oxygen atoms in total. The quantitative estimate of drug-likeness (QED) is 0.00567. The van der Waals surface area contributed by atoms with Crippen LogP contribution in [0, 0.1) is 17.8 Å². The van der Waals surface area contributed by atoms with Gasteiger partial charge in [-0.05, 0) is 124 Å². The third-order valence-electron chi connectivity index (χ3n) is 20.1. The summed E-state index contributed by atoms with van der Waals surface area (Å²) in [4.78, 5) is 230. The van der Waals surface area contributed by atoms with Gasteiger partial charge in [-0.3, -0.25) is 88.9 Å². The van der Waals surface area contributed by atoms with E-state index in [1.807, 2.05) is 39.6 Å². The van der Waals surface area contributed by atoms with Crippen LogP contribution in [-0.4, -0.2) is 257 Å². The number of piperidine rings is 1. The Morgan fingerprint density at radius 2 is 1.42 bits per heavy atom. The number of aromatic amines is 1. The van der Waals surface area contributed by atoms with Gasteiger partial charge in [0.1, 0.15) is 61.4 Å². The van der Waals surface area contributed by atoms with Crippen LogP contribution < -0.4 is 75.9 Å². The lowest BCUT2D eigenvalue weighted by molar-refractivity contribution is -0.150. The predicted molar refractivity (Wildman–Crippen MR) is 462 cm³/mol. The number of nitrogens with two attached hydrogens (primary N) is 2. The van der Waals surface area contributed by atoms with E-state index in [9.17, 15) is 102 Å². The van der Waals surface area contributed by atoms with Crippen molar-refractivity contribution in [2.24, 2.45) is 23.6 Å². The van der Waals surface area contributed by atoms with Crippen molar-refractivity contribution in [2.75, 3.05) is 63.1 Å². The molecule has 12 atom stereocenters. The Morgan fingerprint density at radius 3 is 2.05 bits per heavy atom. The third kappa shape index (κ3) is 34.2. The topological polar surface area (TPSA) is 647 Å². The number of amides is 10. The molecule has 4 aromatic rings. The third-order valence-corrected chi connectivity index (χ3v) is 23.5. The van der Waals surface area contributed by atoms with E-state index in [4.69, 9.17) is 25.8 Å². The number of rotatable bonds is 51. The Bertz CT molecular complexity index is 4650. The number of hydrazine groups is 2. The molecule has 126 heavy (non-hydrogen) atoms. The van der Waals surface area contributed by atoms with E-state index in [1.54, 1.807) is 35.4 Å². The van der Waals surface area contributed by atoms with Crippen LogP contribution in [0.1, 0.15) is 147 Å². The van der Waals surface area contributed by atoms with Gasteiger partial charge in [-0.25, -0.2) is 29.8 Å². The molecule has 0 aliphatic carbocycles. The van der Waals surface area contributed by atoms with E-state index in [2.05, 4.69) is 84.5 Å². The molecule has 688 valence electrons. The first-order valence-corrected chi connectivity index (χ1v) is 43.8. The van der Waals surface area contributed by atoms with Gasteiger partial charge in [-0.1, -0.05) is 92.9 Å². The highest BCUT2D eigenvalue weighted by Crippen LogP contribution is 2.33. The zero-order valence-electron chi connectivity index (χ0n) is 70.8. The van der Waals surface area contributed by atoms with Gasteiger partial charge < -0.3 is 92.9 Å². The smallest absolute Gasteiger partial charge is 0.426 e. The van der Waals surface area contributed by atoms with Gasteiger partial charge in [-0.15, -0.1) is 5.73 Å². The van der Waals surface area contributed by atoms with Gasteiger partial charge in [0.05, 0.1) is 42.2 Å². The molecule has 2 aliphatic heterocycles. The van der Waals surface area contributed by atoms with Crippen LogP contribution in [0.3, 0.4) is 0 Å². The molecular formula is C80H111N19O24S3. The number of fused-ring (bicyclic) bond motifs is 1. The number of aromatic hydroxyl groups is 1. The first kappa shape index (κ1) is 103. The molecular weight excluding hydrogens is 1710 g/mol. The van der Waals surface area contributed by atoms with Gasteiger partial charge in [0.2, 0.25) is 53.2 Å². The van der Waals surface area contributed by atoms with Crippen molar-refractivity contribution >= 4 is 145 Å². The van der Waals surface area contributed by atoms with E-state index < -0.39 is 175 Å². The van der Waals surface area contributed by atoms with Crippen LogP contribution in [0.5, 0.6) is 5.75 Å². The number of carboxylic acids is 4. The summed E-state index contributed by atoms with van der Waals surface area (Å²) in [6, 6.07) is 0.221. The summed E-state index contributed by atoms with van der Waals surface area (Å²) in [6.07, 6.45) is 0.584. The van der Waals surface area contributed by atoms with Crippen molar-refractivity contribution in [2.45, 2.75) is 198 Å². The average molecular weight is 1820 g/mol. The minimum absolute atomic E-state index is 0.00202. The van der Waals surface area contributed by atoms with Crippen LogP contribution in [0.25, 0.3) is 11.2 Å². The number of phenols is 1. The summed E-state index contributed by atoms with van der Waals surface area (Å²) >= 11 is 1.11. The van der Waals surface area contributed by atoms with E-state index in [1.165, 1.54) is 56.6 Å². The van der Waals surface area contributed by atoms with Crippen molar-refractivity contribution in [3.05, 3.63) is 110 Å². The fourth-order valence-corrected chi connectivity index (χ4v) is 16.1. The monoisotopic (exact) mass is 1820 g/mol. The van der Waals surface area contributed by atoms with Crippen LogP contribution >= 0.6 is 33.3 Å². The highest BCUT2D eigenvalue weighted by Gasteiger charge is 2.41. The number of thioether (sulfide) groups is 1. The number of hydrogen-bond donors (Lipinski definition) is 19. The number of carbonyl (C=O) groups is 15. The Hall–Kier alpha value is -11.9. The zero-order valence-corrected chi connectivity index (χ0v) is 73.3. The number of carboxylic acid groups (broad SMARTS) is 4. The molecule has 6 rings (SSSR count). The standard InChI is InChI=1S/C80H111N19O24S3/c1-9-43(4)65(93-74(113)58-16-10-11-29-98(58)7)76(115)99(41-121-8)59(42(2)3)36-60(123-45(6)100)61-17-12-14-48(39-124-61)70(109)87-50(33-46-18-24-52(101)25-19-46)32-44(5)68(107)96-97-80(120)122-30-31-125-126-40-57(78(118)119)92-73(112)56(35-64(105)106)91-71(110)53(15-13-28-85-82)89-72(111)55(34-63(103)104)88-62(102)27-26-54(77(116)117)90-69(108)47-20-22-49(23-21-47)83-37-51-38-84-67-66(86-51)75(114)95-79(81)94-67/h12,18-25,38-39,42-44,50,53-60,65,83,85,101H,9-11,13-16,26-37,40-41,82H2,1-8H3,(H,87,109)(H,88,102)(H,89,111)(H,90,108)(H,91,110)(H,92,112)(H,93,113)(H,96,107)(H,97,120)(H,103,104)(H,105,106)(H,116,117)(H,118,119)(H3,81,84,94,95,114)/t43?,44-,50+,53-,54-,55-,56-,57-,58+,59+,60+,65-/m0/s1. The number of H-pyrrole nitrogens is 1. The number of carbonyl (C=O) groups excluding carboxylic acids is 11. The molecule has 4 heterocycles. The number of benzene rings is 2. The number of hydrogen-bond acceptors (Lipinski definition) is 31. The highest BCUT2D eigenvalue weighted by molar-refractivity contribution is 8.76. The summed E-state index contributed by atoms with van der Waals surface area (Å²) in [5.41, 5.74) is 16.7. The number of ether oxygens (including phenoxy) is 3. The van der Waals surface area contributed by atoms with Gasteiger partial charge in [-0.2, -0.15) is 4.98 Å². The fourth-order valence-electron chi connectivity index (χ4n) is 13.2. The number of esters is 1. The minimum atomic E-state index is -2.00. The Balaban J connectivity index is 0.976. The van der Waals surface area contributed by atoms with Crippen molar-refractivity contribution in [1.29, 1.82) is 0 Å². The van der Waals surface area contributed by atoms with Gasteiger partial charge in [0, 0.05) is 86.2 Å². The second kappa shape index (κ2) is 52.1.